The Morgan fingerprint density at radius 1 is 0.588 bits per heavy atom. The third-order valence-corrected chi connectivity index (χ3v) is 0.234. The van der Waals surface area contributed by atoms with E-state index >= 15 is 0 Å². The van der Waals surface area contributed by atoms with Gasteiger partial charge in [-0.05, 0) is 0 Å². The van der Waals surface area contributed by atoms with Crippen molar-refractivity contribution < 1.29 is 131 Å². The van der Waals surface area contributed by atoms with Crippen molar-refractivity contribution in [3.05, 3.63) is 0 Å². The van der Waals surface area contributed by atoms with Crippen LogP contribution in [0.1, 0.15) is 0 Å². The Morgan fingerprint density at radius 3 is 0.647 bits per heavy atom. The minimum Gasteiger partial charge on any atom is -0.448 e. The summed E-state index contributed by atoms with van der Waals surface area (Å²) >= 11 is 0. The minimum atomic E-state index is -1.69. The zero-order valence-corrected chi connectivity index (χ0v) is 15.0. The van der Waals surface area contributed by atoms with Gasteiger partial charge in [-0.2, -0.15) is 15.8 Å². The maximum atomic E-state index is 8.90. The normalized spacial score (nSPS) is 5.82. The van der Waals surface area contributed by atoms with Crippen molar-refractivity contribution in [1.29, 1.82) is 0 Å². The molecule has 0 aromatic heterocycles. The molecule has 17 heavy (non-hydrogen) atoms. The fraction of sp³-hybridized carbons (Fsp3) is 0. The van der Waals surface area contributed by atoms with Crippen LogP contribution in [-0.2, 0) is 14.7 Å². The van der Waals surface area contributed by atoms with E-state index in [1.807, 2.05) is 0 Å². The summed E-state index contributed by atoms with van der Waals surface area (Å²) in [4.78, 5) is 34.7. The van der Waals surface area contributed by atoms with Gasteiger partial charge in [0.05, 0.1) is 0 Å². The van der Waals surface area contributed by atoms with Gasteiger partial charge >= 0.3 is 18.5 Å². The van der Waals surface area contributed by atoms with Crippen LogP contribution in [0.4, 0.5) is 14.4 Å². The summed E-state index contributed by atoms with van der Waals surface area (Å²) in [6, 6.07) is 0. The average molecular weight is 512 g/mol. The Balaban J connectivity index is -0.0000000400. The second-order valence-electron chi connectivity index (χ2n) is 1.07. The van der Waals surface area contributed by atoms with Crippen LogP contribution >= 0.6 is 0 Å². The van der Waals surface area contributed by atoms with Crippen molar-refractivity contribution in [3.63, 3.8) is 0 Å². The van der Waals surface area contributed by atoms with Crippen molar-refractivity contribution in [2.75, 3.05) is 0 Å². The van der Waals surface area contributed by atoms with Gasteiger partial charge in [0.15, 0.2) is 0 Å². The molecule has 0 unspecified atom stereocenters. The third kappa shape index (κ3) is 86.2. The summed E-state index contributed by atoms with van der Waals surface area (Å²) in [7, 11) is 0. The van der Waals surface area contributed by atoms with E-state index in [0.29, 0.717) is 0 Å². The summed E-state index contributed by atoms with van der Waals surface area (Å²) in [6.45, 7) is 0. The molecule has 2 radical (unpaired) electrons. The summed E-state index contributed by atoms with van der Waals surface area (Å²) in [5.74, 6) is 0. The molecule has 12 nitrogen and oxygen atoms in total. The standard InChI is InChI=1S/3CH2O4.2La/c3*2-1(3)5-4;;/h3*4H,(H,2,3);;. The van der Waals surface area contributed by atoms with Crippen LogP contribution in [-0.4, -0.2) is 49.6 Å². The van der Waals surface area contributed by atoms with E-state index in [-0.39, 0.29) is 71.2 Å². The Hall–Kier alpha value is 0.0796. The molecule has 0 saturated carbocycles. The Labute approximate surface area is 148 Å². The first-order chi connectivity index (χ1) is 6.81. The number of rotatable bonds is 0. The molecular weight excluding hydrogens is 506 g/mol. The number of carboxylic acid groups (broad SMARTS) is 3. The molecule has 0 fully saturated rings. The second kappa shape index (κ2) is 25.1. The van der Waals surface area contributed by atoms with Crippen molar-refractivity contribution in [2.45, 2.75) is 0 Å². The van der Waals surface area contributed by atoms with Gasteiger partial charge in [0.1, 0.15) is 0 Å². The molecule has 0 aromatic carbocycles. The Kier molecular flexibility index (Phi) is 44.6. The molecule has 0 saturated heterocycles. The largest absolute Gasteiger partial charge is 0.537 e. The summed E-state index contributed by atoms with van der Waals surface area (Å²) in [5, 5.41) is 42.9. The second-order valence-corrected chi connectivity index (χ2v) is 1.07. The molecule has 0 heterocycles. The Bertz CT molecular complexity index is 159. The van der Waals surface area contributed by atoms with Gasteiger partial charge in [-0.25, -0.2) is 14.4 Å². The fourth-order valence-corrected chi connectivity index (χ4v) is 0. The van der Waals surface area contributed by atoms with E-state index in [1.165, 1.54) is 0 Å². The van der Waals surface area contributed by atoms with Crippen LogP contribution in [0, 0.1) is 71.2 Å². The number of carbonyl (C=O) groups is 3. The van der Waals surface area contributed by atoms with Gasteiger partial charge < -0.3 is 15.3 Å². The van der Waals surface area contributed by atoms with E-state index in [1.54, 1.807) is 0 Å². The zero-order valence-electron chi connectivity index (χ0n) is 7.79. The van der Waals surface area contributed by atoms with Gasteiger partial charge in [-0.1, -0.05) is 0 Å². The first kappa shape index (κ1) is 30.3. The minimum absolute atomic E-state index is 0. The van der Waals surface area contributed by atoms with Crippen molar-refractivity contribution in [2.24, 2.45) is 0 Å². The maximum absolute atomic E-state index is 8.90. The van der Waals surface area contributed by atoms with E-state index in [2.05, 4.69) is 14.7 Å². The monoisotopic (exact) mass is 512 g/mol. The predicted molar refractivity (Wildman–Crippen MR) is 35.2 cm³/mol. The number of hydrogen-bond acceptors (Lipinski definition) is 9. The van der Waals surface area contributed by atoms with Crippen LogP contribution in [0.3, 0.4) is 0 Å². The van der Waals surface area contributed by atoms with Crippen molar-refractivity contribution in [1.82, 2.24) is 0 Å². The topological polar surface area (TPSA) is 200 Å². The molecule has 0 aliphatic heterocycles. The zero-order chi connectivity index (χ0) is 12.9. The predicted octanol–water partition coefficient (Wildman–Crippen LogP) is 0.462. The van der Waals surface area contributed by atoms with Crippen molar-refractivity contribution in [3.8, 4) is 0 Å². The molecule has 0 rings (SSSR count). The Morgan fingerprint density at radius 2 is 0.647 bits per heavy atom. The van der Waals surface area contributed by atoms with E-state index < -0.39 is 18.5 Å². The molecule has 14 heteroatoms. The van der Waals surface area contributed by atoms with E-state index in [9.17, 15) is 0 Å². The van der Waals surface area contributed by atoms with Gasteiger partial charge in [0.2, 0.25) is 0 Å². The molecule has 0 aliphatic rings. The quantitative estimate of drug-likeness (QED) is 0.149. The van der Waals surface area contributed by atoms with E-state index in [4.69, 9.17) is 45.5 Å². The fourth-order valence-electron chi connectivity index (χ4n) is 0. The van der Waals surface area contributed by atoms with Gasteiger partial charge in [-0.3, -0.25) is 14.7 Å². The SMILES string of the molecule is O=C(O)OO.O=C(O)OO.O=C(O)OO.[La].[La]. The summed E-state index contributed by atoms with van der Waals surface area (Å²) in [5.41, 5.74) is 0. The van der Waals surface area contributed by atoms with Crippen LogP contribution in [0.2, 0.25) is 0 Å². The first-order valence-corrected chi connectivity index (χ1v) is 2.44. The summed E-state index contributed by atoms with van der Waals surface area (Å²) in [6.07, 6.45) is -5.07. The molecule has 0 aromatic rings. The molecule has 0 spiro atoms. The molecule has 6 N–H and O–H groups in total. The molecule has 0 aliphatic carbocycles. The van der Waals surface area contributed by atoms with Gasteiger partial charge in [0.25, 0.3) is 0 Å². The van der Waals surface area contributed by atoms with Crippen molar-refractivity contribution >= 4 is 18.5 Å². The van der Waals surface area contributed by atoms with Crippen LogP contribution in [0.5, 0.6) is 0 Å². The van der Waals surface area contributed by atoms with E-state index in [0.717, 1.165) is 0 Å². The van der Waals surface area contributed by atoms with Gasteiger partial charge in [0, 0.05) is 71.2 Å². The molecule has 0 amide bonds. The molecule has 0 atom stereocenters. The maximum Gasteiger partial charge on any atom is 0.537 e. The summed E-state index contributed by atoms with van der Waals surface area (Å²) < 4.78 is 0. The number of hydrogen-bond donors (Lipinski definition) is 6. The average Bonchev–Trinajstić information content (AvgIpc) is 2.19. The smallest absolute Gasteiger partial charge is 0.448 e. The van der Waals surface area contributed by atoms with Crippen LogP contribution in [0.25, 0.3) is 0 Å². The first-order valence-electron chi connectivity index (χ1n) is 2.44. The molecular formula is C3H6La2O12. The van der Waals surface area contributed by atoms with Crippen LogP contribution in [0.15, 0.2) is 0 Å². The third-order valence-electron chi connectivity index (χ3n) is 0.234. The van der Waals surface area contributed by atoms with Crippen LogP contribution < -0.4 is 0 Å². The molecule has 0 bridgehead atoms. The van der Waals surface area contributed by atoms with Gasteiger partial charge in [-0.15, -0.1) is 0 Å². The molecule has 96 valence electrons.